The Morgan fingerprint density at radius 1 is 0.808 bits per heavy atom. The Kier molecular flexibility index (Phi) is 18.7. The molecule has 0 aromatic rings. The predicted molar refractivity (Wildman–Crippen MR) is 105 cm³/mol. The van der Waals surface area contributed by atoms with Crippen LogP contribution in [-0.2, 0) is 19.1 Å². The Morgan fingerprint density at radius 3 is 2.08 bits per heavy atom. The summed E-state index contributed by atoms with van der Waals surface area (Å²) in [5, 5.41) is 0. The molecular formula is C21H37NO4. The van der Waals surface area contributed by atoms with Crippen LogP contribution >= 0.6 is 0 Å². The standard InChI is InChI=1S/C21H37NO4/c1-2-3-4-5-6-7-12-20-26-21(25)14-13-17-22(15-8-10-18-23)16-9-11-19-24/h7,12,18-19H,2-6,8-11,13-17,20H2,1H3/b12-7-. The van der Waals surface area contributed by atoms with Crippen LogP contribution in [0.15, 0.2) is 12.2 Å². The second-order valence-corrected chi connectivity index (χ2v) is 6.57. The Bertz CT molecular complexity index is 368. The number of nitrogens with zero attached hydrogens (tertiary/aromatic N) is 1. The average molecular weight is 368 g/mol. The van der Waals surface area contributed by atoms with Gasteiger partial charge in [-0.2, -0.15) is 0 Å². The number of rotatable bonds is 19. The van der Waals surface area contributed by atoms with E-state index < -0.39 is 0 Å². The Hall–Kier alpha value is -1.49. The van der Waals surface area contributed by atoms with Crippen molar-refractivity contribution < 1.29 is 19.1 Å². The van der Waals surface area contributed by atoms with Crippen molar-refractivity contribution in [1.82, 2.24) is 4.90 Å². The first-order valence-corrected chi connectivity index (χ1v) is 10.1. The van der Waals surface area contributed by atoms with Crippen LogP contribution in [0.4, 0.5) is 0 Å². The van der Waals surface area contributed by atoms with Crippen LogP contribution in [0.3, 0.4) is 0 Å². The monoisotopic (exact) mass is 367 g/mol. The van der Waals surface area contributed by atoms with Gasteiger partial charge in [0.15, 0.2) is 0 Å². The second-order valence-electron chi connectivity index (χ2n) is 6.57. The summed E-state index contributed by atoms with van der Waals surface area (Å²) in [4.78, 5) is 34.8. The van der Waals surface area contributed by atoms with Crippen molar-refractivity contribution in [3.8, 4) is 0 Å². The van der Waals surface area contributed by atoms with Gasteiger partial charge in [-0.1, -0.05) is 38.3 Å². The van der Waals surface area contributed by atoms with Gasteiger partial charge in [-0.05, 0) is 51.7 Å². The molecule has 5 nitrogen and oxygen atoms in total. The van der Waals surface area contributed by atoms with Gasteiger partial charge in [-0.3, -0.25) is 4.79 Å². The molecule has 0 aliphatic heterocycles. The molecule has 0 heterocycles. The molecule has 0 amide bonds. The minimum absolute atomic E-state index is 0.165. The van der Waals surface area contributed by atoms with E-state index in [0.29, 0.717) is 25.9 Å². The van der Waals surface area contributed by atoms with Crippen LogP contribution in [-0.4, -0.2) is 49.7 Å². The maximum Gasteiger partial charge on any atom is 0.306 e. The molecule has 0 rings (SSSR count). The smallest absolute Gasteiger partial charge is 0.306 e. The van der Waals surface area contributed by atoms with E-state index in [1.54, 1.807) is 0 Å². The Balaban J connectivity index is 3.79. The Morgan fingerprint density at radius 2 is 1.46 bits per heavy atom. The van der Waals surface area contributed by atoms with Gasteiger partial charge in [-0.25, -0.2) is 0 Å². The average Bonchev–Trinajstić information content (AvgIpc) is 2.64. The SMILES string of the molecule is CCCCCC/C=C\COC(=O)CCCN(CCCC=O)CCCC=O. The fraction of sp³-hybridized carbons (Fsp3) is 0.762. The number of carbonyl (C=O) groups excluding carboxylic acids is 3. The first-order chi connectivity index (χ1) is 12.7. The van der Waals surface area contributed by atoms with Gasteiger partial charge in [0, 0.05) is 19.3 Å². The van der Waals surface area contributed by atoms with Crippen LogP contribution in [0.25, 0.3) is 0 Å². The highest BCUT2D eigenvalue weighted by Crippen LogP contribution is 2.04. The van der Waals surface area contributed by atoms with Crippen molar-refractivity contribution in [3.63, 3.8) is 0 Å². The topological polar surface area (TPSA) is 63.7 Å². The van der Waals surface area contributed by atoms with E-state index >= 15 is 0 Å². The lowest BCUT2D eigenvalue weighted by atomic mass is 10.1. The van der Waals surface area contributed by atoms with Gasteiger partial charge in [0.2, 0.25) is 0 Å². The molecule has 0 fully saturated rings. The molecule has 0 radical (unpaired) electrons. The lowest BCUT2D eigenvalue weighted by Crippen LogP contribution is -2.28. The molecule has 0 aromatic heterocycles. The van der Waals surface area contributed by atoms with Gasteiger partial charge >= 0.3 is 5.97 Å². The third kappa shape index (κ3) is 17.3. The van der Waals surface area contributed by atoms with Crippen LogP contribution in [0.2, 0.25) is 0 Å². The minimum atomic E-state index is -0.165. The van der Waals surface area contributed by atoms with E-state index in [1.165, 1.54) is 25.7 Å². The number of esters is 1. The molecule has 0 bridgehead atoms. The van der Waals surface area contributed by atoms with E-state index in [-0.39, 0.29) is 5.97 Å². The molecule has 0 saturated heterocycles. The van der Waals surface area contributed by atoms with Crippen molar-refractivity contribution in [3.05, 3.63) is 12.2 Å². The maximum atomic E-state index is 11.8. The van der Waals surface area contributed by atoms with Gasteiger partial charge in [-0.15, -0.1) is 0 Å². The molecule has 5 heteroatoms. The second kappa shape index (κ2) is 19.8. The predicted octanol–water partition coefficient (Wildman–Crippen LogP) is 4.10. The van der Waals surface area contributed by atoms with Gasteiger partial charge < -0.3 is 19.2 Å². The molecule has 0 N–H and O–H groups in total. The third-order valence-electron chi connectivity index (χ3n) is 4.18. The summed E-state index contributed by atoms with van der Waals surface area (Å²) in [5.41, 5.74) is 0. The highest BCUT2D eigenvalue weighted by Gasteiger charge is 2.07. The first kappa shape index (κ1) is 24.5. The number of allylic oxidation sites excluding steroid dienone is 1. The van der Waals surface area contributed by atoms with Crippen LogP contribution in [0.1, 0.15) is 77.6 Å². The summed E-state index contributed by atoms with van der Waals surface area (Å²) in [7, 11) is 0. The Labute approximate surface area is 159 Å². The largest absolute Gasteiger partial charge is 0.461 e. The molecule has 150 valence electrons. The van der Waals surface area contributed by atoms with E-state index in [4.69, 9.17) is 4.74 Å². The molecule has 0 aliphatic rings. The number of ether oxygens (including phenoxy) is 1. The number of hydrogen-bond donors (Lipinski definition) is 0. The molecular weight excluding hydrogens is 330 g/mol. The van der Waals surface area contributed by atoms with E-state index in [2.05, 4.69) is 17.9 Å². The quantitative estimate of drug-likeness (QED) is 0.149. The van der Waals surface area contributed by atoms with Gasteiger partial charge in [0.1, 0.15) is 19.2 Å². The van der Waals surface area contributed by atoms with Crippen molar-refractivity contribution in [2.45, 2.75) is 77.6 Å². The van der Waals surface area contributed by atoms with Crippen molar-refractivity contribution in [2.24, 2.45) is 0 Å². The van der Waals surface area contributed by atoms with Crippen LogP contribution < -0.4 is 0 Å². The third-order valence-corrected chi connectivity index (χ3v) is 4.18. The fourth-order valence-electron chi connectivity index (χ4n) is 2.67. The maximum absolute atomic E-state index is 11.8. The lowest BCUT2D eigenvalue weighted by molar-refractivity contribution is -0.142. The van der Waals surface area contributed by atoms with Crippen molar-refractivity contribution >= 4 is 18.5 Å². The minimum Gasteiger partial charge on any atom is -0.461 e. The van der Waals surface area contributed by atoms with Crippen molar-refractivity contribution in [1.29, 1.82) is 0 Å². The summed E-state index contributed by atoms with van der Waals surface area (Å²) in [6.45, 7) is 5.00. The number of aldehydes is 2. The van der Waals surface area contributed by atoms with E-state index in [9.17, 15) is 14.4 Å². The molecule has 26 heavy (non-hydrogen) atoms. The summed E-state index contributed by atoms with van der Waals surface area (Å²) in [6.07, 6.45) is 15.8. The van der Waals surface area contributed by atoms with E-state index in [1.807, 2.05) is 6.08 Å². The normalized spacial score (nSPS) is 11.2. The molecule has 0 spiro atoms. The zero-order valence-corrected chi connectivity index (χ0v) is 16.5. The summed E-state index contributed by atoms with van der Waals surface area (Å²) < 4.78 is 5.21. The van der Waals surface area contributed by atoms with Crippen LogP contribution in [0.5, 0.6) is 0 Å². The van der Waals surface area contributed by atoms with Crippen LogP contribution in [0, 0.1) is 0 Å². The van der Waals surface area contributed by atoms with Gasteiger partial charge in [0.05, 0.1) is 0 Å². The molecule has 0 unspecified atom stereocenters. The first-order valence-electron chi connectivity index (χ1n) is 10.1. The highest BCUT2D eigenvalue weighted by atomic mass is 16.5. The molecule has 0 saturated carbocycles. The van der Waals surface area contributed by atoms with Gasteiger partial charge in [0.25, 0.3) is 0 Å². The van der Waals surface area contributed by atoms with Crippen molar-refractivity contribution in [2.75, 3.05) is 26.2 Å². The molecule has 0 aromatic carbocycles. The lowest BCUT2D eigenvalue weighted by Gasteiger charge is -2.21. The molecule has 0 atom stereocenters. The summed E-state index contributed by atoms with van der Waals surface area (Å²) in [5.74, 6) is -0.165. The number of hydrogen-bond acceptors (Lipinski definition) is 5. The summed E-state index contributed by atoms with van der Waals surface area (Å²) >= 11 is 0. The number of unbranched alkanes of at least 4 members (excludes halogenated alkanes) is 6. The molecule has 0 aliphatic carbocycles. The fourth-order valence-corrected chi connectivity index (χ4v) is 2.67. The zero-order chi connectivity index (χ0) is 19.3. The van der Waals surface area contributed by atoms with E-state index in [0.717, 1.165) is 57.9 Å². The highest BCUT2D eigenvalue weighted by molar-refractivity contribution is 5.69. The number of carbonyl (C=O) groups is 3. The zero-order valence-electron chi connectivity index (χ0n) is 16.5. The summed E-state index contributed by atoms with van der Waals surface area (Å²) in [6, 6.07) is 0.